The van der Waals surface area contributed by atoms with Gasteiger partial charge in [0.2, 0.25) is 0 Å². The second kappa shape index (κ2) is 5.09. The molecule has 0 aromatic carbocycles. The van der Waals surface area contributed by atoms with E-state index >= 15 is 0 Å². The Labute approximate surface area is 93.4 Å². The zero-order chi connectivity index (χ0) is 11.4. The lowest BCUT2D eigenvalue weighted by Gasteiger charge is -2.09. The molecule has 0 bridgehead atoms. The summed E-state index contributed by atoms with van der Waals surface area (Å²) in [7, 11) is 1.31. The summed E-state index contributed by atoms with van der Waals surface area (Å²) in [4.78, 5) is 15.0. The highest BCUT2D eigenvalue weighted by molar-refractivity contribution is 6.30. The van der Waals surface area contributed by atoms with Crippen molar-refractivity contribution in [3.8, 4) is 0 Å². The molecule has 0 amide bonds. The minimum Gasteiger partial charge on any atom is -0.468 e. The van der Waals surface area contributed by atoms with Crippen LogP contribution in [0.4, 0.5) is 0 Å². The molecule has 15 heavy (non-hydrogen) atoms. The van der Waals surface area contributed by atoms with Crippen molar-refractivity contribution in [1.82, 2.24) is 4.98 Å². The maximum atomic E-state index is 11.1. The van der Waals surface area contributed by atoms with Gasteiger partial charge >= 0.3 is 5.97 Å². The zero-order valence-corrected chi connectivity index (χ0v) is 9.41. The predicted molar refractivity (Wildman–Crippen MR) is 57.7 cm³/mol. The van der Waals surface area contributed by atoms with E-state index in [-0.39, 0.29) is 0 Å². The van der Waals surface area contributed by atoms with Crippen LogP contribution < -0.4 is 5.73 Å². The van der Waals surface area contributed by atoms with Crippen molar-refractivity contribution in [2.75, 3.05) is 7.11 Å². The van der Waals surface area contributed by atoms with Crippen molar-refractivity contribution >= 4 is 17.6 Å². The van der Waals surface area contributed by atoms with Gasteiger partial charge < -0.3 is 10.5 Å². The molecule has 1 aromatic rings. The summed E-state index contributed by atoms with van der Waals surface area (Å²) in [5, 5.41) is 0.463. The second-order valence-electron chi connectivity index (χ2n) is 3.29. The van der Waals surface area contributed by atoms with E-state index in [2.05, 4.69) is 9.72 Å². The number of hydrogen-bond acceptors (Lipinski definition) is 4. The molecule has 1 rings (SSSR count). The van der Waals surface area contributed by atoms with E-state index in [9.17, 15) is 4.79 Å². The summed E-state index contributed by atoms with van der Waals surface area (Å²) in [5.74, 6) is -0.428. The van der Waals surface area contributed by atoms with Gasteiger partial charge in [0, 0.05) is 6.20 Å². The molecule has 4 nitrogen and oxygen atoms in total. The van der Waals surface area contributed by atoms with Crippen molar-refractivity contribution in [2.45, 2.75) is 19.4 Å². The summed E-state index contributed by atoms with van der Waals surface area (Å²) in [5.41, 5.74) is 7.35. The van der Waals surface area contributed by atoms with Crippen LogP contribution in [0.3, 0.4) is 0 Å². The lowest BCUT2D eigenvalue weighted by atomic mass is 10.1. The molecule has 5 heteroatoms. The van der Waals surface area contributed by atoms with Crippen LogP contribution in [0.2, 0.25) is 5.15 Å². The number of nitrogens with two attached hydrogens (primary N) is 1. The highest BCUT2D eigenvalue weighted by Gasteiger charge is 2.14. The van der Waals surface area contributed by atoms with E-state index < -0.39 is 12.0 Å². The van der Waals surface area contributed by atoms with Gasteiger partial charge in [0.1, 0.15) is 11.2 Å². The molecule has 0 aliphatic carbocycles. The Kier molecular flexibility index (Phi) is 4.05. The summed E-state index contributed by atoms with van der Waals surface area (Å²) in [6, 6.07) is 1.20. The van der Waals surface area contributed by atoms with E-state index in [1.165, 1.54) is 7.11 Å². The van der Waals surface area contributed by atoms with Gasteiger partial charge in [0.15, 0.2) is 0 Å². The lowest BCUT2D eigenvalue weighted by molar-refractivity contribution is -0.142. The highest BCUT2D eigenvalue weighted by Crippen LogP contribution is 2.13. The van der Waals surface area contributed by atoms with E-state index in [1.54, 1.807) is 6.20 Å². The van der Waals surface area contributed by atoms with Crippen LogP contribution in [-0.2, 0) is 16.0 Å². The number of methoxy groups -OCH3 is 1. The fourth-order valence-corrected chi connectivity index (χ4v) is 1.32. The molecule has 0 radical (unpaired) electrons. The number of nitrogens with zero attached hydrogens (tertiary/aromatic N) is 1. The van der Waals surface area contributed by atoms with Crippen molar-refractivity contribution in [3.05, 3.63) is 28.5 Å². The van der Waals surface area contributed by atoms with E-state index in [0.717, 1.165) is 11.1 Å². The van der Waals surface area contributed by atoms with E-state index in [4.69, 9.17) is 17.3 Å². The van der Waals surface area contributed by atoms with Gasteiger partial charge in [-0.2, -0.15) is 0 Å². The Hall–Kier alpha value is -1.13. The normalized spacial score (nSPS) is 12.3. The standard InChI is InChI=1S/C10H13ClN2O2/c1-6-3-7(5-13-9(6)11)4-8(12)10(14)15-2/h3,5,8H,4,12H2,1-2H3/t8-/m1/s1. The third-order valence-electron chi connectivity index (χ3n) is 2.03. The van der Waals surface area contributed by atoms with Crippen molar-refractivity contribution in [2.24, 2.45) is 5.73 Å². The van der Waals surface area contributed by atoms with Gasteiger partial charge in [-0.3, -0.25) is 4.79 Å². The first-order valence-electron chi connectivity index (χ1n) is 4.49. The number of esters is 1. The molecule has 0 unspecified atom stereocenters. The zero-order valence-electron chi connectivity index (χ0n) is 8.66. The number of aryl methyl sites for hydroxylation is 1. The Morgan fingerprint density at radius 1 is 1.73 bits per heavy atom. The van der Waals surface area contributed by atoms with Crippen LogP contribution in [0.1, 0.15) is 11.1 Å². The van der Waals surface area contributed by atoms with Crippen LogP contribution >= 0.6 is 11.6 Å². The highest BCUT2D eigenvalue weighted by atomic mass is 35.5. The van der Waals surface area contributed by atoms with E-state index in [1.807, 2.05) is 13.0 Å². The maximum Gasteiger partial charge on any atom is 0.322 e. The fraction of sp³-hybridized carbons (Fsp3) is 0.400. The Morgan fingerprint density at radius 2 is 2.40 bits per heavy atom. The molecule has 0 saturated carbocycles. The lowest BCUT2D eigenvalue weighted by Crippen LogP contribution is -2.33. The third kappa shape index (κ3) is 3.18. The number of carbonyl (C=O) groups excluding carboxylic acids is 1. The van der Waals surface area contributed by atoms with Gasteiger partial charge in [-0.25, -0.2) is 4.98 Å². The van der Waals surface area contributed by atoms with Gasteiger partial charge in [0.05, 0.1) is 7.11 Å². The number of ether oxygens (including phenoxy) is 1. The first-order chi connectivity index (χ1) is 7.04. The number of carbonyl (C=O) groups is 1. The van der Waals surface area contributed by atoms with Crippen molar-refractivity contribution < 1.29 is 9.53 Å². The average molecular weight is 229 g/mol. The number of halogens is 1. The molecule has 0 spiro atoms. The first-order valence-corrected chi connectivity index (χ1v) is 4.87. The number of aromatic nitrogens is 1. The van der Waals surface area contributed by atoms with Crippen LogP contribution in [0.15, 0.2) is 12.3 Å². The summed E-state index contributed by atoms with van der Waals surface area (Å²) in [6.45, 7) is 1.85. The Morgan fingerprint density at radius 3 is 2.93 bits per heavy atom. The third-order valence-corrected chi connectivity index (χ3v) is 2.43. The minimum absolute atomic E-state index is 0.400. The predicted octanol–water partition coefficient (Wildman–Crippen LogP) is 1.09. The molecule has 0 saturated heterocycles. The monoisotopic (exact) mass is 228 g/mol. The topological polar surface area (TPSA) is 65.2 Å². The SMILES string of the molecule is COC(=O)[C@H](N)Cc1cnc(Cl)c(C)c1. The number of pyridine rings is 1. The van der Waals surface area contributed by atoms with Crippen molar-refractivity contribution in [3.63, 3.8) is 0 Å². The molecular weight excluding hydrogens is 216 g/mol. The average Bonchev–Trinajstić information content (AvgIpc) is 2.22. The van der Waals surface area contributed by atoms with Gasteiger partial charge in [-0.1, -0.05) is 17.7 Å². The molecule has 1 heterocycles. The van der Waals surface area contributed by atoms with Gasteiger partial charge in [0.25, 0.3) is 0 Å². The smallest absolute Gasteiger partial charge is 0.322 e. The van der Waals surface area contributed by atoms with Crippen molar-refractivity contribution in [1.29, 1.82) is 0 Å². The Bertz CT molecular complexity index is 368. The van der Waals surface area contributed by atoms with Gasteiger partial charge in [-0.05, 0) is 24.5 Å². The van der Waals surface area contributed by atoms with Crippen LogP contribution in [-0.4, -0.2) is 24.1 Å². The quantitative estimate of drug-likeness (QED) is 0.621. The molecular formula is C10H13ClN2O2. The minimum atomic E-state index is -0.655. The second-order valence-corrected chi connectivity index (χ2v) is 3.64. The van der Waals surface area contributed by atoms with Crippen LogP contribution in [0.25, 0.3) is 0 Å². The molecule has 0 fully saturated rings. The van der Waals surface area contributed by atoms with E-state index in [0.29, 0.717) is 11.6 Å². The molecule has 0 aliphatic heterocycles. The Balaban J connectivity index is 2.73. The van der Waals surface area contributed by atoms with Crippen LogP contribution in [0, 0.1) is 6.92 Å². The summed E-state index contributed by atoms with van der Waals surface area (Å²) in [6.07, 6.45) is 2.01. The largest absolute Gasteiger partial charge is 0.468 e. The fourth-order valence-electron chi connectivity index (χ4n) is 1.22. The molecule has 1 aromatic heterocycles. The summed E-state index contributed by atoms with van der Waals surface area (Å²) >= 11 is 5.77. The number of rotatable bonds is 3. The molecule has 1 atom stereocenters. The molecule has 0 aliphatic rings. The molecule has 82 valence electrons. The molecule has 2 N–H and O–H groups in total. The van der Waals surface area contributed by atoms with Gasteiger partial charge in [-0.15, -0.1) is 0 Å². The first kappa shape index (κ1) is 11.9. The van der Waals surface area contributed by atoms with Crippen LogP contribution in [0.5, 0.6) is 0 Å². The summed E-state index contributed by atoms with van der Waals surface area (Å²) < 4.78 is 4.53. The number of hydrogen-bond donors (Lipinski definition) is 1. The maximum absolute atomic E-state index is 11.1.